The average molecular weight is 262 g/mol. The second-order valence-corrected chi connectivity index (χ2v) is 4.08. The van der Waals surface area contributed by atoms with E-state index in [9.17, 15) is 4.79 Å². The number of likely N-dealkylation sites (N-methyl/N-ethyl adjacent to an activating group) is 3. The van der Waals surface area contributed by atoms with Gasteiger partial charge >= 0.3 is 0 Å². The van der Waals surface area contributed by atoms with Crippen molar-refractivity contribution in [2.75, 3.05) is 27.7 Å². The summed E-state index contributed by atoms with van der Waals surface area (Å²) in [5.41, 5.74) is 2.08. The Morgan fingerprint density at radius 3 is 2.22 bits per heavy atom. The molecule has 1 fully saturated rings. The van der Waals surface area contributed by atoms with E-state index < -0.39 is 6.29 Å². The number of nitrogens with one attached hydrogen (secondary N) is 4. The summed E-state index contributed by atoms with van der Waals surface area (Å²) in [5, 5.41) is 18.2. The van der Waals surface area contributed by atoms with Crippen LogP contribution in [0.2, 0.25) is 0 Å². The number of rotatable bonds is 7. The van der Waals surface area contributed by atoms with Gasteiger partial charge in [0, 0.05) is 12.6 Å². The summed E-state index contributed by atoms with van der Waals surface area (Å²) >= 11 is 0. The van der Waals surface area contributed by atoms with E-state index in [-0.39, 0.29) is 30.8 Å². The Bertz CT molecular complexity index is 256. The van der Waals surface area contributed by atoms with Crippen LogP contribution in [0, 0.1) is 0 Å². The van der Waals surface area contributed by atoms with Gasteiger partial charge < -0.3 is 30.6 Å². The van der Waals surface area contributed by atoms with Gasteiger partial charge in [0.25, 0.3) is 6.47 Å². The molecule has 5 N–H and O–H groups in total. The van der Waals surface area contributed by atoms with Gasteiger partial charge in [0.05, 0.1) is 18.2 Å². The number of ether oxygens (including phenoxy) is 2. The van der Waals surface area contributed by atoms with Gasteiger partial charge in [-0.3, -0.25) is 4.79 Å². The van der Waals surface area contributed by atoms with Crippen LogP contribution in [0.1, 0.15) is 0 Å². The zero-order chi connectivity index (χ0) is 13.5. The Hall–Kier alpha value is -0.770. The fraction of sp³-hybridized carbons (Fsp3) is 0.900. The molecule has 8 heteroatoms. The quantitative estimate of drug-likeness (QED) is 0.256. The smallest absolute Gasteiger partial charge is 0.295 e. The maximum atomic E-state index is 10.5. The maximum absolute atomic E-state index is 10.5. The molecule has 0 bridgehead atoms. The molecule has 0 amide bonds. The van der Waals surface area contributed by atoms with Crippen LogP contribution in [0.3, 0.4) is 0 Å². The second-order valence-electron chi connectivity index (χ2n) is 4.08. The van der Waals surface area contributed by atoms with Crippen LogP contribution >= 0.6 is 0 Å². The Morgan fingerprint density at radius 1 is 1.17 bits per heavy atom. The first-order chi connectivity index (χ1) is 8.73. The van der Waals surface area contributed by atoms with Crippen LogP contribution in [0.15, 0.2) is 0 Å². The zero-order valence-electron chi connectivity index (χ0n) is 10.8. The average Bonchev–Trinajstić information content (AvgIpc) is 2.38. The SMILES string of the molecule is CNC1C(CNO)OC(OC=O)C(NC)C1NC. The minimum absolute atomic E-state index is 0.0166. The lowest BCUT2D eigenvalue weighted by Gasteiger charge is -2.45. The summed E-state index contributed by atoms with van der Waals surface area (Å²) in [6.45, 7) is 0.601. The fourth-order valence-electron chi connectivity index (χ4n) is 2.44. The number of hydrogen-bond acceptors (Lipinski definition) is 8. The first-order valence-electron chi connectivity index (χ1n) is 5.86. The van der Waals surface area contributed by atoms with Gasteiger partial charge in [-0.2, -0.15) is 0 Å². The van der Waals surface area contributed by atoms with Gasteiger partial charge in [-0.05, 0) is 21.1 Å². The van der Waals surface area contributed by atoms with Gasteiger partial charge in [-0.25, -0.2) is 5.48 Å². The molecule has 5 unspecified atom stereocenters. The normalized spacial score (nSPS) is 36.3. The highest BCUT2D eigenvalue weighted by atomic mass is 16.7. The van der Waals surface area contributed by atoms with Crippen molar-refractivity contribution in [2.45, 2.75) is 30.5 Å². The summed E-state index contributed by atoms with van der Waals surface area (Å²) < 4.78 is 10.6. The third-order valence-corrected chi connectivity index (χ3v) is 3.26. The molecule has 0 aromatic carbocycles. The molecule has 0 aliphatic carbocycles. The first kappa shape index (κ1) is 15.3. The molecule has 0 spiro atoms. The van der Waals surface area contributed by atoms with Gasteiger partial charge in [0.1, 0.15) is 0 Å². The Balaban J connectivity index is 2.88. The highest BCUT2D eigenvalue weighted by molar-refractivity contribution is 5.37. The van der Waals surface area contributed by atoms with E-state index in [0.717, 1.165) is 0 Å². The molecule has 1 heterocycles. The van der Waals surface area contributed by atoms with Crippen LogP contribution in [0.25, 0.3) is 0 Å². The Morgan fingerprint density at radius 2 is 1.78 bits per heavy atom. The van der Waals surface area contributed by atoms with Crippen molar-refractivity contribution in [3.8, 4) is 0 Å². The van der Waals surface area contributed by atoms with E-state index in [2.05, 4.69) is 21.4 Å². The van der Waals surface area contributed by atoms with Crippen molar-refractivity contribution >= 4 is 6.47 Å². The van der Waals surface area contributed by atoms with E-state index in [1.165, 1.54) is 0 Å². The lowest BCUT2D eigenvalue weighted by molar-refractivity contribution is -0.213. The van der Waals surface area contributed by atoms with Crippen molar-refractivity contribution in [1.82, 2.24) is 21.4 Å². The molecule has 1 aliphatic heterocycles. The molecule has 0 aromatic heterocycles. The fourth-order valence-corrected chi connectivity index (χ4v) is 2.44. The molecule has 0 saturated carbocycles. The van der Waals surface area contributed by atoms with E-state index in [1.54, 1.807) is 7.05 Å². The minimum Gasteiger partial charge on any atom is -0.436 e. The highest BCUT2D eigenvalue weighted by Crippen LogP contribution is 2.21. The summed E-state index contributed by atoms with van der Waals surface area (Å²) in [6, 6.07) is -0.247. The van der Waals surface area contributed by atoms with E-state index in [4.69, 9.17) is 14.7 Å². The predicted molar refractivity (Wildman–Crippen MR) is 64.1 cm³/mol. The highest BCUT2D eigenvalue weighted by Gasteiger charge is 2.44. The second kappa shape index (κ2) is 7.62. The Kier molecular flexibility index (Phi) is 6.47. The predicted octanol–water partition coefficient (Wildman–Crippen LogP) is -2.37. The summed E-state index contributed by atoms with van der Waals surface area (Å²) in [7, 11) is 5.42. The van der Waals surface area contributed by atoms with Gasteiger partial charge in [0.2, 0.25) is 6.29 Å². The molecular formula is C10H22N4O4. The minimum atomic E-state index is -0.701. The number of hydroxylamine groups is 1. The summed E-state index contributed by atoms with van der Waals surface area (Å²) in [6.07, 6.45) is -1.03. The molecule has 106 valence electrons. The molecule has 5 atom stereocenters. The number of carbonyl (C=O) groups excluding carboxylic acids is 1. The van der Waals surface area contributed by atoms with E-state index in [1.807, 2.05) is 14.1 Å². The van der Waals surface area contributed by atoms with E-state index in [0.29, 0.717) is 6.47 Å². The molecule has 8 nitrogen and oxygen atoms in total. The number of hydrogen-bond donors (Lipinski definition) is 5. The maximum Gasteiger partial charge on any atom is 0.295 e. The van der Waals surface area contributed by atoms with Crippen LogP contribution in [0.5, 0.6) is 0 Å². The van der Waals surface area contributed by atoms with Crippen LogP contribution < -0.4 is 21.4 Å². The molecule has 18 heavy (non-hydrogen) atoms. The third kappa shape index (κ3) is 3.16. The summed E-state index contributed by atoms with van der Waals surface area (Å²) in [5.74, 6) is 0. The largest absolute Gasteiger partial charge is 0.436 e. The lowest BCUT2D eigenvalue weighted by atomic mass is 9.91. The monoisotopic (exact) mass is 262 g/mol. The van der Waals surface area contributed by atoms with Gasteiger partial charge in [-0.1, -0.05) is 0 Å². The van der Waals surface area contributed by atoms with Crippen molar-refractivity contribution in [3.63, 3.8) is 0 Å². The molecule has 1 aliphatic rings. The lowest BCUT2D eigenvalue weighted by Crippen LogP contribution is -2.70. The topological polar surface area (TPSA) is 104 Å². The molecule has 1 rings (SSSR count). The summed E-state index contributed by atoms with van der Waals surface area (Å²) in [4.78, 5) is 10.5. The van der Waals surface area contributed by atoms with Crippen molar-refractivity contribution in [3.05, 3.63) is 0 Å². The Labute approximate surface area is 106 Å². The molecule has 1 saturated heterocycles. The van der Waals surface area contributed by atoms with Gasteiger partial charge in [0.15, 0.2) is 0 Å². The molecular weight excluding hydrogens is 240 g/mol. The van der Waals surface area contributed by atoms with Gasteiger partial charge in [-0.15, -0.1) is 0 Å². The molecule has 0 radical (unpaired) electrons. The van der Waals surface area contributed by atoms with Crippen LogP contribution in [-0.4, -0.2) is 69.9 Å². The molecule has 0 aromatic rings. The van der Waals surface area contributed by atoms with Crippen molar-refractivity contribution in [2.24, 2.45) is 0 Å². The van der Waals surface area contributed by atoms with Crippen LogP contribution in [0.4, 0.5) is 0 Å². The zero-order valence-corrected chi connectivity index (χ0v) is 10.8. The van der Waals surface area contributed by atoms with E-state index >= 15 is 0 Å². The number of carbonyl (C=O) groups is 1. The standard InChI is InChI=1S/C10H22N4O4/c1-11-7-6(4-14-16)18-10(17-5-15)9(13-3)8(7)12-2/h5-14,16H,4H2,1-3H3. The van der Waals surface area contributed by atoms with Crippen molar-refractivity contribution in [1.29, 1.82) is 0 Å². The third-order valence-electron chi connectivity index (χ3n) is 3.26. The first-order valence-corrected chi connectivity index (χ1v) is 5.86. The van der Waals surface area contributed by atoms with Crippen molar-refractivity contribution < 1.29 is 19.5 Å². The van der Waals surface area contributed by atoms with Crippen LogP contribution in [-0.2, 0) is 14.3 Å².